The number of carbonyl (C=O) groups excluding carboxylic acids is 1. The lowest BCUT2D eigenvalue weighted by Gasteiger charge is -2.22. The Bertz CT molecular complexity index is 972. The van der Waals surface area contributed by atoms with E-state index in [4.69, 9.17) is 9.47 Å². The van der Waals surface area contributed by atoms with Crippen molar-refractivity contribution in [3.63, 3.8) is 0 Å². The number of aromatic hydroxyl groups is 1. The number of pyridine rings is 1. The average molecular weight is 366 g/mol. The Morgan fingerprint density at radius 3 is 2.63 bits per heavy atom. The van der Waals surface area contributed by atoms with Crippen molar-refractivity contribution >= 4 is 16.8 Å². The van der Waals surface area contributed by atoms with Crippen molar-refractivity contribution in [3.05, 3.63) is 59.8 Å². The molecule has 0 aliphatic rings. The predicted molar refractivity (Wildman–Crippen MR) is 103 cm³/mol. The number of carbonyl (C=O) groups is 1. The van der Waals surface area contributed by atoms with Crippen LogP contribution in [-0.2, 0) is 4.79 Å². The summed E-state index contributed by atoms with van der Waals surface area (Å²) in [5.41, 5.74) is 1.82. The Kier molecular flexibility index (Phi) is 5.45. The van der Waals surface area contributed by atoms with E-state index in [1.54, 1.807) is 45.5 Å². The van der Waals surface area contributed by atoms with Gasteiger partial charge in [-0.1, -0.05) is 31.2 Å². The Morgan fingerprint density at radius 1 is 1.15 bits per heavy atom. The Morgan fingerprint density at radius 2 is 1.93 bits per heavy atom. The number of hydrogen-bond acceptors (Lipinski definition) is 5. The number of phenols is 1. The fraction of sp³-hybridized carbons (Fsp3) is 0.238. The number of hydrogen-bond donors (Lipinski definition) is 2. The smallest absolute Gasteiger partial charge is 0.220 e. The Balaban J connectivity index is 2.15. The second kappa shape index (κ2) is 7.95. The number of fused-ring (bicyclic) bond motifs is 1. The molecule has 1 atom stereocenters. The molecule has 0 aliphatic heterocycles. The van der Waals surface area contributed by atoms with E-state index in [0.717, 1.165) is 10.9 Å². The lowest BCUT2D eigenvalue weighted by atomic mass is 9.95. The molecule has 27 heavy (non-hydrogen) atoms. The molecule has 3 aromatic rings. The summed E-state index contributed by atoms with van der Waals surface area (Å²) in [7, 11) is 3.12. The first-order valence-electron chi connectivity index (χ1n) is 8.67. The molecule has 6 nitrogen and oxygen atoms in total. The van der Waals surface area contributed by atoms with Crippen molar-refractivity contribution < 1.29 is 19.4 Å². The highest BCUT2D eigenvalue weighted by Crippen LogP contribution is 2.37. The van der Waals surface area contributed by atoms with Crippen LogP contribution in [0.2, 0.25) is 0 Å². The van der Waals surface area contributed by atoms with Gasteiger partial charge in [-0.05, 0) is 23.8 Å². The molecule has 0 saturated heterocycles. The molecule has 0 bridgehead atoms. The summed E-state index contributed by atoms with van der Waals surface area (Å²) >= 11 is 0. The normalized spacial score (nSPS) is 11.8. The van der Waals surface area contributed by atoms with Crippen LogP contribution in [0.25, 0.3) is 10.9 Å². The number of aromatic nitrogens is 1. The minimum absolute atomic E-state index is 0.0456. The van der Waals surface area contributed by atoms with Gasteiger partial charge in [0, 0.05) is 23.6 Å². The molecular weight excluding hydrogens is 344 g/mol. The number of amides is 1. The third-order valence-corrected chi connectivity index (χ3v) is 4.46. The maximum absolute atomic E-state index is 12.2. The molecule has 0 saturated carbocycles. The zero-order valence-electron chi connectivity index (χ0n) is 15.5. The summed E-state index contributed by atoms with van der Waals surface area (Å²) in [5.74, 6) is 1.05. The van der Waals surface area contributed by atoms with E-state index < -0.39 is 6.04 Å². The van der Waals surface area contributed by atoms with Crippen LogP contribution >= 0.6 is 0 Å². The van der Waals surface area contributed by atoms with Gasteiger partial charge in [-0.2, -0.15) is 0 Å². The van der Waals surface area contributed by atoms with Gasteiger partial charge in [0.15, 0.2) is 11.5 Å². The van der Waals surface area contributed by atoms with Crippen LogP contribution < -0.4 is 14.8 Å². The monoisotopic (exact) mass is 366 g/mol. The standard InChI is InChI=1S/C21H22N2O4/c1-4-18(24)23-19(14-8-10-16(26-2)17(12-14)27-3)15-9-7-13-6-5-11-22-20(13)21(15)25/h5-12,19,25H,4H2,1-3H3,(H,23,24)/t19-/m1/s1. The largest absolute Gasteiger partial charge is 0.505 e. The number of methoxy groups -OCH3 is 2. The van der Waals surface area contributed by atoms with E-state index in [-0.39, 0.29) is 11.7 Å². The van der Waals surface area contributed by atoms with Crippen LogP contribution in [0.3, 0.4) is 0 Å². The lowest BCUT2D eigenvalue weighted by molar-refractivity contribution is -0.121. The van der Waals surface area contributed by atoms with Crippen molar-refractivity contribution in [3.8, 4) is 17.2 Å². The van der Waals surface area contributed by atoms with Crippen molar-refractivity contribution in [2.24, 2.45) is 0 Å². The van der Waals surface area contributed by atoms with E-state index in [1.807, 2.05) is 24.3 Å². The van der Waals surface area contributed by atoms with Crippen LogP contribution in [0.4, 0.5) is 0 Å². The highest BCUT2D eigenvalue weighted by molar-refractivity contribution is 5.86. The van der Waals surface area contributed by atoms with Crippen molar-refractivity contribution in [1.29, 1.82) is 0 Å². The first-order valence-corrected chi connectivity index (χ1v) is 8.67. The zero-order valence-corrected chi connectivity index (χ0v) is 15.5. The molecule has 6 heteroatoms. The first-order chi connectivity index (χ1) is 13.1. The molecule has 0 unspecified atom stereocenters. The van der Waals surface area contributed by atoms with E-state index >= 15 is 0 Å². The van der Waals surface area contributed by atoms with Crippen LogP contribution in [0, 0.1) is 0 Å². The molecule has 1 heterocycles. The molecule has 1 aromatic heterocycles. The van der Waals surface area contributed by atoms with E-state index in [9.17, 15) is 9.90 Å². The maximum Gasteiger partial charge on any atom is 0.220 e. The number of rotatable bonds is 6. The molecule has 0 spiro atoms. The summed E-state index contributed by atoms with van der Waals surface area (Å²) in [6.07, 6.45) is 1.96. The van der Waals surface area contributed by atoms with Crippen LogP contribution in [-0.4, -0.2) is 30.2 Å². The van der Waals surface area contributed by atoms with Gasteiger partial charge in [-0.25, -0.2) is 0 Å². The molecule has 1 amide bonds. The van der Waals surface area contributed by atoms with Gasteiger partial charge < -0.3 is 19.9 Å². The quantitative estimate of drug-likeness (QED) is 0.697. The molecule has 2 aromatic carbocycles. The number of benzene rings is 2. The molecule has 0 fully saturated rings. The van der Waals surface area contributed by atoms with Gasteiger partial charge >= 0.3 is 0 Å². The third kappa shape index (κ3) is 3.65. The van der Waals surface area contributed by atoms with Crippen molar-refractivity contribution in [2.75, 3.05) is 14.2 Å². The summed E-state index contributed by atoms with van der Waals surface area (Å²) in [6, 6.07) is 12.2. The van der Waals surface area contributed by atoms with Crippen LogP contribution in [0.15, 0.2) is 48.7 Å². The minimum atomic E-state index is -0.552. The molecular formula is C21H22N2O4. The summed E-state index contributed by atoms with van der Waals surface area (Å²) in [6.45, 7) is 1.78. The summed E-state index contributed by atoms with van der Waals surface area (Å²) < 4.78 is 10.7. The lowest BCUT2D eigenvalue weighted by Crippen LogP contribution is -2.28. The van der Waals surface area contributed by atoms with Gasteiger partial charge in [0.2, 0.25) is 5.91 Å². The summed E-state index contributed by atoms with van der Waals surface area (Å²) in [5, 5.41) is 14.6. The third-order valence-electron chi connectivity index (χ3n) is 4.46. The second-order valence-corrected chi connectivity index (χ2v) is 6.05. The minimum Gasteiger partial charge on any atom is -0.505 e. The fourth-order valence-corrected chi connectivity index (χ4v) is 3.01. The highest BCUT2D eigenvalue weighted by atomic mass is 16.5. The van der Waals surface area contributed by atoms with Gasteiger partial charge in [0.05, 0.1) is 20.3 Å². The van der Waals surface area contributed by atoms with Gasteiger partial charge in [-0.15, -0.1) is 0 Å². The van der Waals surface area contributed by atoms with E-state index in [0.29, 0.717) is 29.0 Å². The van der Waals surface area contributed by atoms with E-state index in [1.165, 1.54) is 0 Å². The summed E-state index contributed by atoms with van der Waals surface area (Å²) in [4.78, 5) is 16.4. The van der Waals surface area contributed by atoms with Gasteiger partial charge in [0.1, 0.15) is 11.3 Å². The molecule has 0 aliphatic carbocycles. The predicted octanol–water partition coefficient (Wildman–Crippen LogP) is 3.57. The van der Waals surface area contributed by atoms with Gasteiger partial charge in [0.25, 0.3) is 0 Å². The fourth-order valence-electron chi connectivity index (χ4n) is 3.01. The number of nitrogens with zero attached hydrogens (tertiary/aromatic N) is 1. The highest BCUT2D eigenvalue weighted by Gasteiger charge is 2.22. The van der Waals surface area contributed by atoms with Crippen molar-refractivity contribution in [1.82, 2.24) is 10.3 Å². The van der Waals surface area contributed by atoms with Crippen molar-refractivity contribution in [2.45, 2.75) is 19.4 Å². The first kappa shape index (κ1) is 18.5. The maximum atomic E-state index is 12.2. The Hall–Kier alpha value is -3.28. The molecule has 0 radical (unpaired) electrons. The van der Waals surface area contributed by atoms with Crippen LogP contribution in [0.5, 0.6) is 17.2 Å². The van der Waals surface area contributed by atoms with Gasteiger partial charge in [-0.3, -0.25) is 9.78 Å². The SMILES string of the molecule is CCC(=O)N[C@H](c1ccc(OC)c(OC)c1)c1ccc2cccnc2c1O. The average Bonchev–Trinajstić information content (AvgIpc) is 2.72. The van der Waals surface area contributed by atoms with E-state index in [2.05, 4.69) is 10.3 Å². The molecule has 140 valence electrons. The molecule has 3 rings (SSSR count). The zero-order chi connectivity index (χ0) is 19.4. The topological polar surface area (TPSA) is 80.7 Å². The second-order valence-electron chi connectivity index (χ2n) is 6.05. The number of ether oxygens (including phenoxy) is 2. The number of phenolic OH excluding ortho intramolecular Hbond substituents is 1. The Labute approximate surface area is 157 Å². The number of nitrogens with one attached hydrogen (secondary N) is 1. The van der Waals surface area contributed by atoms with Crippen LogP contribution in [0.1, 0.15) is 30.5 Å². The molecule has 2 N–H and O–H groups in total.